The summed E-state index contributed by atoms with van der Waals surface area (Å²) in [6, 6.07) is 7.87. The van der Waals surface area contributed by atoms with Crippen molar-refractivity contribution in [1.82, 2.24) is 4.98 Å². The number of carbonyl (C=O) groups is 1. The molecule has 1 aliphatic rings. The zero-order chi connectivity index (χ0) is 20.9. The van der Waals surface area contributed by atoms with Crippen LogP contribution >= 0.6 is 11.6 Å². The summed E-state index contributed by atoms with van der Waals surface area (Å²) >= 11 is 6.02. The molecule has 0 unspecified atom stereocenters. The van der Waals surface area contributed by atoms with E-state index in [-0.39, 0.29) is 16.3 Å². The summed E-state index contributed by atoms with van der Waals surface area (Å²) in [5.41, 5.74) is 0.376. The zero-order valence-electron chi connectivity index (χ0n) is 16.2. The van der Waals surface area contributed by atoms with Crippen LogP contribution in [0.25, 0.3) is 0 Å². The Bertz CT molecular complexity index is 975. The van der Waals surface area contributed by atoms with Crippen molar-refractivity contribution in [3.05, 3.63) is 47.1 Å². The summed E-state index contributed by atoms with van der Waals surface area (Å²) in [4.78, 5) is 16.9. The molecule has 0 radical (unpaired) electrons. The van der Waals surface area contributed by atoms with Crippen molar-refractivity contribution >= 4 is 39.0 Å². The van der Waals surface area contributed by atoms with Gasteiger partial charge in [-0.15, -0.1) is 0 Å². The Labute approximate surface area is 175 Å². The van der Waals surface area contributed by atoms with E-state index in [9.17, 15) is 13.2 Å². The fourth-order valence-corrected chi connectivity index (χ4v) is 4.08. The average Bonchev–Trinajstić information content (AvgIpc) is 2.68. The van der Waals surface area contributed by atoms with Gasteiger partial charge < -0.3 is 10.1 Å². The van der Waals surface area contributed by atoms with Gasteiger partial charge in [0.2, 0.25) is 10.0 Å². The number of hydrogen-bond donors (Lipinski definition) is 2. The van der Waals surface area contributed by atoms with E-state index in [1.165, 1.54) is 37.5 Å². The van der Waals surface area contributed by atoms with Crippen LogP contribution in [-0.4, -0.2) is 32.2 Å². The Morgan fingerprint density at radius 3 is 2.72 bits per heavy atom. The van der Waals surface area contributed by atoms with E-state index >= 15 is 0 Å². The fraction of sp³-hybridized carbons (Fsp3) is 0.400. The van der Waals surface area contributed by atoms with Gasteiger partial charge in [0.15, 0.2) is 11.6 Å². The number of aromatic nitrogens is 1. The molecule has 1 heterocycles. The summed E-state index contributed by atoms with van der Waals surface area (Å²) in [5, 5.41) is 2.92. The Morgan fingerprint density at radius 2 is 2.00 bits per heavy atom. The Balaban J connectivity index is 1.71. The Morgan fingerprint density at radius 1 is 1.24 bits per heavy atom. The van der Waals surface area contributed by atoms with Gasteiger partial charge in [-0.3, -0.25) is 9.52 Å². The predicted molar refractivity (Wildman–Crippen MR) is 114 cm³/mol. The van der Waals surface area contributed by atoms with Crippen molar-refractivity contribution in [1.29, 1.82) is 0 Å². The van der Waals surface area contributed by atoms with E-state index < -0.39 is 15.9 Å². The molecule has 1 aliphatic carbocycles. The maximum atomic E-state index is 12.7. The zero-order valence-corrected chi connectivity index (χ0v) is 17.7. The summed E-state index contributed by atoms with van der Waals surface area (Å²) in [5.74, 6) is 0.906. The lowest BCUT2D eigenvalue weighted by Crippen LogP contribution is -2.18. The van der Waals surface area contributed by atoms with Gasteiger partial charge in [0.1, 0.15) is 0 Å². The SMILES string of the molecule is CS(=O)(=O)Nc1cc(C(=O)Nc2ncccc2OCC2CCCCC2)ccc1Cl. The molecule has 0 aliphatic heterocycles. The first-order valence-electron chi connectivity index (χ1n) is 9.48. The van der Waals surface area contributed by atoms with Crippen LogP contribution < -0.4 is 14.8 Å². The number of anilines is 2. The van der Waals surface area contributed by atoms with Crippen molar-refractivity contribution in [2.75, 3.05) is 22.9 Å². The molecule has 0 spiro atoms. The highest BCUT2D eigenvalue weighted by Gasteiger charge is 2.17. The molecule has 0 atom stereocenters. The molecule has 7 nitrogen and oxygen atoms in total. The summed E-state index contributed by atoms with van der Waals surface area (Å²) in [6.45, 7) is 0.595. The molecule has 0 bridgehead atoms. The molecule has 9 heteroatoms. The maximum Gasteiger partial charge on any atom is 0.256 e. The molecular weight excluding hydrogens is 414 g/mol. The molecule has 29 heavy (non-hydrogen) atoms. The minimum atomic E-state index is -3.52. The fourth-order valence-electron chi connectivity index (χ4n) is 3.29. The standard InChI is InChI=1S/C20H24ClN3O4S/c1-29(26,27)24-17-12-15(9-10-16(17)21)20(25)23-19-18(8-5-11-22-19)28-13-14-6-3-2-4-7-14/h5,8-12,14,24H,2-4,6-7,13H2,1H3,(H,22,23,25). The van der Waals surface area contributed by atoms with Gasteiger partial charge in [-0.05, 0) is 49.1 Å². The predicted octanol–water partition coefficient (Wildman–Crippen LogP) is 4.32. The molecule has 1 saturated carbocycles. The van der Waals surface area contributed by atoms with Crippen molar-refractivity contribution in [2.45, 2.75) is 32.1 Å². The van der Waals surface area contributed by atoms with Gasteiger partial charge >= 0.3 is 0 Å². The topological polar surface area (TPSA) is 97.4 Å². The minimum absolute atomic E-state index is 0.136. The number of pyridine rings is 1. The molecule has 0 saturated heterocycles. The van der Waals surface area contributed by atoms with Crippen LogP contribution in [0.1, 0.15) is 42.5 Å². The normalized spacial score (nSPS) is 15.0. The number of nitrogens with zero attached hydrogens (tertiary/aromatic N) is 1. The highest BCUT2D eigenvalue weighted by atomic mass is 35.5. The second-order valence-electron chi connectivity index (χ2n) is 7.19. The monoisotopic (exact) mass is 437 g/mol. The van der Waals surface area contributed by atoms with Crippen molar-refractivity contribution in [2.24, 2.45) is 5.92 Å². The second kappa shape index (κ2) is 9.45. The lowest BCUT2D eigenvalue weighted by molar-refractivity contribution is 0.102. The van der Waals surface area contributed by atoms with Crippen LogP contribution in [0.5, 0.6) is 5.75 Å². The highest BCUT2D eigenvalue weighted by molar-refractivity contribution is 7.92. The molecule has 1 aromatic heterocycles. The third kappa shape index (κ3) is 6.33. The third-order valence-corrected chi connectivity index (χ3v) is 5.65. The first-order valence-corrected chi connectivity index (χ1v) is 11.8. The minimum Gasteiger partial charge on any atom is -0.489 e. The van der Waals surface area contributed by atoms with Crippen molar-refractivity contribution in [3.63, 3.8) is 0 Å². The van der Waals surface area contributed by atoms with E-state index in [1.807, 2.05) is 0 Å². The molecule has 2 N–H and O–H groups in total. The largest absolute Gasteiger partial charge is 0.489 e. The Kier molecular flexibility index (Phi) is 6.97. The number of sulfonamides is 1. The van der Waals surface area contributed by atoms with Crippen molar-refractivity contribution < 1.29 is 17.9 Å². The van der Waals surface area contributed by atoms with Gasteiger partial charge in [-0.2, -0.15) is 0 Å². The first-order chi connectivity index (χ1) is 13.8. The number of hydrogen-bond acceptors (Lipinski definition) is 5. The number of halogens is 1. The average molecular weight is 438 g/mol. The van der Waals surface area contributed by atoms with E-state index in [0.29, 0.717) is 24.1 Å². The van der Waals surface area contributed by atoms with Gasteiger partial charge in [0.05, 0.1) is 23.6 Å². The number of nitrogens with one attached hydrogen (secondary N) is 2. The van der Waals surface area contributed by atoms with Crippen LogP contribution in [0.15, 0.2) is 36.5 Å². The Hall–Kier alpha value is -2.32. The lowest BCUT2D eigenvalue weighted by Gasteiger charge is -2.22. The van der Waals surface area contributed by atoms with E-state index in [2.05, 4.69) is 15.0 Å². The number of amides is 1. The molecule has 156 valence electrons. The maximum absolute atomic E-state index is 12.7. The van der Waals surface area contributed by atoms with Gasteiger partial charge in [0, 0.05) is 11.8 Å². The third-order valence-electron chi connectivity index (χ3n) is 4.73. The smallest absolute Gasteiger partial charge is 0.256 e. The summed E-state index contributed by atoms with van der Waals surface area (Å²) in [7, 11) is -3.52. The summed E-state index contributed by atoms with van der Waals surface area (Å²) < 4.78 is 31.2. The molecule has 1 fully saturated rings. The molecule has 1 amide bonds. The number of rotatable bonds is 7. The van der Waals surface area contributed by atoms with E-state index in [4.69, 9.17) is 16.3 Å². The molecular formula is C20H24ClN3O4S. The lowest BCUT2D eigenvalue weighted by atomic mass is 9.90. The van der Waals surface area contributed by atoms with E-state index in [0.717, 1.165) is 19.1 Å². The van der Waals surface area contributed by atoms with E-state index in [1.54, 1.807) is 18.3 Å². The van der Waals surface area contributed by atoms with Gasteiger partial charge in [0.25, 0.3) is 5.91 Å². The van der Waals surface area contributed by atoms with Crippen LogP contribution in [-0.2, 0) is 10.0 Å². The van der Waals surface area contributed by atoms with Crippen LogP contribution in [0.2, 0.25) is 5.02 Å². The molecule has 3 rings (SSSR count). The van der Waals surface area contributed by atoms with Gasteiger partial charge in [-0.25, -0.2) is 13.4 Å². The molecule has 1 aromatic carbocycles. The van der Waals surface area contributed by atoms with Crippen LogP contribution in [0.3, 0.4) is 0 Å². The molecule has 2 aromatic rings. The highest BCUT2D eigenvalue weighted by Crippen LogP contribution is 2.28. The van der Waals surface area contributed by atoms with Gasteiger partial charge in [-0.1, -0.05) is 30.9 Å². The second-order valence-corrected chi connectivity index (χ2v) is 9.34. The van der Waals surface area contributed by atoms with Crippen LogP contribution in [0, 0.1) is 5.92 Å². The number of carbonyl (C=O) groups excluding carboxylic acids is 1. The summed E-state index contributed by atoms with van der Waals surface area (Å²) in [6.07, 6.45) is 8.63. The first kappa shape index (κ1) is 21.4. The van der Waals surface area contributed by atoms with Crippen molar-refractivity contribution in [3.8, 4) is 5.75 Å². The quantitative estimate of drug-likeness (QED) is 0.672. The number of ether oxygens (including phenoxy) is 1. The van der Waals surface area contributed by atoms with Crippen LogP contribution in [0.4, 0.5) is 11.5 Å². The number of benzene rings is 1.